The lowest BCUT2D eigenvalue weighted by molar-refractivity contribution is 0.234. The van der Waals surface area contributed by atoms with Crippen molar-refractivity contribution in [2.75, 3.05) is 18.4 Å². The van der Waals surface area contributed by atoms with E-state index in [1.165, 1.54) is 11.3 Å². The van der Waals surface area contributed by atoms with Gasteiger partial charge in [-0.3, -0.25) is 0 Å². The number of carbonyl (C=O) groups excluding carboxylic acids is 1. The predicted octanol–water partition coefficient (Wildman–Crippen LogP) is 3.81. The number of amides is 2. The summed E-state index contributed by atoms with van der Waals surface area (Å²) in [5, 5.41) is 7.40. The molecule has 2 N–H and O–H groups in total. The van der Waals surface area contributed by atoms with Crippen LogP contribution >= 0.6 is 11.3 Å². The maximum absolute atomic E-state index is 12.9. The number of hydrogen-bond acceptors (Lipinski definition) is 4. The maximum Gasteiger partial charge on any atom is 0.319 e. The van der Waals surface area contributed by atoms with Crippen LogP contribution in [-0.4, -0.2) is 37.9 Å². The molecule has 0 saturated carbocycles. The average Bonchev–Trinajstić information content (AvgIpc) is 3.20. The zero-order valence-corrected chi connectivity index (χ0v) is 17.0. The lowest BCUT2D eigenvalue weighted by Gasteiger charge is -2.34. The number of carbonyl (C=O) groups is 1. The van der Waals surface area contributed by atoms with Crippen LogP contribution in [0.15, 0.2) is 46.0 Å². The molecular formula is C19H25N3O3S2. The standard InChI is InChI=1S/C19H25N3O3S2/c1-15-7-9-16(10-8-15)21-19(23)20-12-11-17-5-2-3-13-22(17)27(24,25)18-6-4-14-26-18/h4,6-10,14,17H,2-3,5,11-13H2,1H3,(H2,20,21,23). The molecule has 1 aromatic heterocycles. The SMILES string of the molecule is Cc1ccc(NC(=O)NCCC2CCCCN2S(=O)(=O)c2cccs2)cc1. The van der Waals surface area contributed by atoms with E-state index in [-0.39, 0.29) is 12.1 Å². The number of urea groups is 1. The van der Waals surface area contributed by atoms with Crippen LogP contribution in [-0.2, 0) is 10.0 Å². The lowest BCUT2D eigenvalue weighted by Crippen LogP contribution is -2.45. The Hall–Kier alpha value is -1.90. The highest BCUT2D eigenvalue weighted by Crippen LogP contribution is 2.29. The normalized spacial score (nSPS) is 18.2. The minimum atomic E-state index is -3.45. The van der Waals surface area contributed by atoms with E-state index in [1.54, 1.807) is 21.8 Å². The smallest absolute Gasteiger partial charge is 0.319 e. The Labute approximate surface area is 164 Å². The van der Waals surface area contributed by atoms with Crippen molar-refractivity contribution in [3.05, 3.63) is 47.3 Å². The molecule has 0 spiro atoms. The van der Waals surface area contributed by atoms with E-state index >= 15 is 0 Å². The molecule has 1 aliphatic rings. The minimum absolute atomic E-state index is 0.0782. The molecule has 1 fully saturated rings. The summed E-state index contributed by atoms with van der Waals surface area (Å²) in [6.45, 7) is 2.96. The van der Waals surface area contributed by atoms with Gasteiger partial charge >= 0.3 is 6.03 Å². The zero-order chi connectivity index (χ0) is 19.3. The first-order valence-electron chi connectivity index (χ1n) is 9.14. The highest BCUT2D eigenvalue weighted by Gasteiger charge is 2.33. The van der Waals surface area contributed by atoms with Gasteiger partial charge in [-0.1, -0.05) is 30.2 Å². The highest BCUT2D eigenvalue weighted by atomic mass is 32.2. The molecule has 2 heterocycles. The van der Waals surface area contributed by atoms with E-state index in [9.17, 15) is 13.2 Å². The number of anilines is 1. The number of nitrogens with zero attached hydrogens (tertiary/aromatic N) is 1. The van der Waals surface area contributed by atoms with Crippen molar-refractivity contribution in [2.45, 2.75) is 42.9 Å². The van der Waals surface area contributed by atoms with Gasteiger partial charge in [0.25, 0.3) is 10.0 Å². The topological polar surface area (TPSA) is 78.5 Å². The van der Waals surface area contributed by atoms with E-state index in [0.717, 1.165) is 30.5 Å². The van der Waals surface area contributed by atoms with Gasteiger partial charge in [0.05, 0.1) is 0 Å². The summed E-state index contributed by atoms with van der Waals surface area (Å²) in [5.74, 6) is 0. The van der Waals surface area contributed by atoms with Gasteiger partial charge in [0.1, 0.15) is 4.21 Å². The number of sulfonamides is 1. The first kappa shape index (κ1) is 19.9. The van der Waals surface area contributed by atoms with Crippen LogP contribution in [0.2, 0.25) is 0 Å². The second-order valence-corrected chi connectivity index (χ2v) is 9.80. The van der Waals surface area contributed by atoms with Crippen molar-refractivity contribution in [2.24, 2.45) is 0 Å². The monoisotopic (exact) mass is 407 g/mol. The fraction of sp³-hybridized carbons (Fsp3) is 0.421. The summed E-state index contributed by atoms with van der Waals surface area (Å²) in [7, 11) is -3.45. The van der Waals surface area contributed by atoms with Gasteiger partial charge in [0, 0.05) is 24.8 Å². The Balaban J connectivity index is 1.54. The molecule has 27 heavy (non-hydrogen) atoms. The molecule has 1 aromatic carbocycles. The second-order valence-electron chi connectivity index (χ2n) is 6.73. The van der Waals surface area contributed by atoms with E-state index in [2.05, 4.69) is 10.6 Å². The summed E-state index contributed by atoms with van der Waals surface area (Å²) in [4.78, 5) is 12.1. The van der Waals surface area contributed by atoms with Crippen molar-refractivity contribution < 1.29 is 13.2 Å². The fourth-order valence-electron chi connectivity index (χ4n) is 3.27. The average molecular weight is 408 g/mol. The minimum Gasteiger partial charge on any atom is -0.338 e. The molecule has 1 unspecified atom stereocenters. The second kappa shape index (κ2) is 8.86. The van der Waals surface area contributed by atoms with Gasteiger partial charge in [0.2, 0.25) is 0 Å². The van der Waals surface area contributed by atoms with Crippen LogP contribution in [0.4, 0.5) is 10.5 Å². The van der Waals surface area contributed by atoms with Crippen LogP contribution in [0.3, 0.4) is 0 Å². The van der Waals surface area contributed by atoms with Gasteiger partial charge in [-0.15, -0.1) is 11.3 Å². The number of aryl methyl sites for hydroxylation is 1. The molecule has 2 aromatic rings. The predicted molar refractivity (Wildman–Crippen MR) is 109 cm³/mol. The molecule has 1 saturated heterocycles. The van der Waals surface area contributed by atoms with Crippen LogP contribution in [0.5, 0.6) is 0 Å². The molecule has 0 aliphatic carbocycles. The molecular weight excluding hydrogens is 382 g/mol. The molecule has 1 aliphatic heterocycles. The van der Waals surface area contributed by atoms with Crippen molar-refractivity contribution in [1.29, 1.82) is 0 Å². The molecule has 146 valence electrons. The first-order valence-corrected chi connectivity index (χ1v) is 11.5. The molecule has 1 atom stereocenters. The Kier molecular flexibility index (Phi) is 6.51. The largest absolute Gasteiger partial charge is 0.338 e. The van der Waals surface area contributed by atoms with Gasteiger partial charge in [-0.05, 0) is 49.8 Å². The van der Waals surface area contributed by atoms with Crippen molar-refractivity contribution in [3.8, 4) is 0 Å². The Morgan fingerprint density at radius 3 is 2.70 bits per heavy atom. The summed E-state index contributed by atoms with van der Waals surface area (Å²) in [5.41, 5.74) is 1.86. The zero-order valence-electron chi connectivity index (χ0n) is 15.3. The van der Waals surface area contributed by atoms with E-state index in [1.807, 2.05) is 31.2 Å². The van der Waals surface area contributed by atoms with E-state index in [0.29, 0.717) is 23.7 Å². The number of benzene rings is 1. The summed E-state index contributed by atoms with van der Waals surface area (Å²) in [6.07, 6.45) is 3.32. The molecule has 8 heteroatoms. The van der Waals surface area contributed by atoms with Gasteiger partial charge in [-0.2, -0.15) is 4.31 Å². The first-order chi connectivity index (χ1) is 13.0. The van der Waals surface area contributed by atoms with Crippen LogP contribution in [0.1, 0.15) is 31.2 Å². The Morgan fingerprint density at radius 1 is 1.22 bits per heavy atom. The molecule has 3 rings (SSSR count). The molecule has 6 nitrogen and oxygen atoms in total. The summed E-state index contributed by atoms with van der Waals surface area (Å²) < 4.78 is 27.7. The van der Waals surface area contributed by atoms with Crippen LogP contribution in [0, 0.1) is 6.92 Å². The van der Waals surface area contributed by atoms with Gasteiger partial charge in [0.15, 0.2) is 0 Å². The maximum atomic E-state index is 12.9. The number of thiophene rings is 1. The van der Waals surface area contributed by atoms with E-state index in [4.69, 9.17) is 0 Å². The number of rotatable bonds is 6. The Bertz CT molecular complexity index is 849. The highest BCUT2D eigenvalue weighted by molar-refractivity contribution is 7.91. The molecule has 2 amide bonds. The van der Waals surface area contributed by atoms with Crippen molar-refractivity contribution >= 4 is 33.1 Å². The van der Waals surface area contributed by atoms with Crippen LogP contribution in [0.25, 0.3) is 0 Å². The third kappa shape index (κ3) is 5.09. The Morgan fingerprint density at radius 2 is 2.00 bits per heavy atom. The fourth-order valence-corrected chi connectivity index (χ4v) is 6.11. The summed E-state index contributed by atoms with van der Waals surface area (Å²) in [6, 6.07) is 10.6. The third-order valence-electron chi connectivity index (χ3n) is 4.70. The van der Waals surface area contributed by atoms with Crippen molar-refractivity contribution in [1.82, 2.24) is 9.62 Å². The molecule has 0 bridgehead atoms. The van der Waals surface area contributed by atoms with Gasteiger partial charge in [-0.25, -0.2) is 13.2 Å². The quantitative estimate of drug-likeness (QED) is 0.764. The summed E-state index contributed by atoms with van der Waals surface area (Å²) >= 11 is 1.25. The lowest BCUT2D eigenvalue weighted by atomic mass is 10.0. The van der Waals surface area contributed by atoms with E-state index < -0.39 is 10.0 Å². The number of piperidine rings is 1. The van der Waals surface area contributed by atoms with Crippen molar-refractivity contribution in [3.63, 3.8) is 0 Å². The van der Waals surface area contributed by atoms with Crippen LogP contribution < -0.4 is 10.6 Å². The molecule has 0 radical (unpaired) electrons. The third-order valence-corrected chi connectivity index (χ3v) is 8.03. The van der Waals surface area contributed by atoms with Gasteiger partial charge < -0.3 is 10.6 Å². The number of hydrogen-bond donors (Lipinski definition) is 2. The number of nitrogens with one attached hydrogen (secondary N) is 2.